The standard InChI is InChI=1S/C18H18N4O6/c1-2-7-18(11-20-9-15(22(25)26)19-16(20)28-18)12-3-5-13(6-4-12)21-8-14(10-23)27-17(21)24/h2-6,9,14,23H,1,7-8,10-11H2/t14-,18?/m1/s1. The number of aromatic nitrogens is 2. The van der Waals surface area contributed by atoms with Crippen molar-refractivity contribution in [2.45, 2.75) is 24.7 Å². The largest absolute Gasteiger partial charge is 0.441 e. The van der Waals surface area contributed by atoms with Crippen molar-refractivity contribution in [1.82, 2.24) is 9.55 Å². The zero-order valence-corrected chi connectivity index (χ0v) is 14.9. The second kappa shape index (κ2) is 6.64. The van der Waals surface area contributed by atoms with Crippen LogP contribution in [0.2, 0.25) is 0 Å². The first-order chi connectivity index (χ1) is 13.5. The Morgan fingerprint density at radius 1 is 1.43 bits per heavy atom. The third-order valence-electron chi connectivity index (χ3n) is 4.88. The monoisotopic (exact) mass is 386 g/mol. The van der Waals surface area contributed by atoms with Gasteiger partial charge in [-0.15, -0.1) is 6.58 Å². The van der Waals surface area contributed by atoms with Crippen molar-refractivity contribution in [2.24, 2.45) is 0 Å². The van der Waals surface area contributed by atoms with Crippen LogP contribution in [0.3, 0.4) is 0 Å². The Labute approximate surface area is 159 Å². The number of carbonyl (C=O) groups is 1. The Morgan fingerprint density at radius 2 is 2.18 bits per heavy atom. The van der Waals surface area contributed by atoms with Gasteiger partial charge in [-0.1, -0.05) is 18.2 Å². The van der Waals surface area contributed by atoms with Crippen LogP contribution in [-0.2, 0) is 16.9 Å². The third kappa shape index (κ3) is 2.87. The number of carbonyl (C=O) groups excluding carboxylic acids is 1. The van der Waals surface area contributed by atoms with Crippen molar-refractivity contribution in [3.8, 4) is 6.01 Å². The number of rotatable bonds is 6. The lowest BCUT2D eigenvalue weighted by molar-refractivity contribution is -0.389. The summed E-state index contributed by atoms with van der Waals surface area (Å²) >= 11 is 0. The van der Waals surface area contributed by atoms with E-state index in [1.54, 1.807) is 22.8 Å². The molecule has 10 heteroatoms. The Balaban J connectivity index is 1.59. The Bertz CT molecular complexity index is 915. The summed E-state index contributed by atoms with van der Waals surface area (Å²) in [5.41, 5.74) is 0.692. The van der Waals surface area contributed by atoms with Crippen LogP contribution >= 0.6 is 0 Å². The maximum Gasteiger partial charge on any atom is 0.415 e. The highest BCUT2D eigenvalue weighted by Gasteiger charge is 2.44. The van der Waals surface area contributed by atoms with Crippen LogP contribution in [0.25, 0.3) is 0 Å². The van der Waals surface area contributed by atoms with Crippen molar-refractivity contribution < 1.29 is 24.3 Å². The summed E-state index contributed by atoms with van der Waals surface area (Å²) < 4.78 is 12.7. The summed E-state index contributed by atoms with van der Waals surface area (Å²) in [6, 6.07) is 7.40. The molecule has 4 rings (SSSR count). The molecule has 1 saturated heterocycles. The first kappa shape index (κ1) is 18.0. The summed E-state index contributed by atoms with van der Waals surface area (Å²) in [4.78, 5) is 27.6. The zero-order valence-electron chi connectivity index (χ0n) is 14.9. The molecule has 2 atom stereocenters. The lowest BCUT2D eigenvalue weighted by atomic mass is 9.90. The number of aliphatic hydroxyl groups is 1. The first-order valence-electron chi connectivity index (χ1n) is 8.67. The van der Waals surface area contributed by atoms with Crippen LogP contribution in [0.5, 0.6) is 6.01 Å². The van der Waals surface area contributed by atoms with Crippen molar-refractivity contribution in [3.63, 3.8) is 0 Å². The molecule has 2 aliphatic heterocycles. The molecule has 2 aromatic rings. The van der Waals surface area contributed by atoms with E-state index in [-0.39, 0.29) is 25.0 Å². The van der Waals surface area contributed by atoms with Gasteiger partial charge < -0.3 is 24.7 Å². The van der Waals surface area contributed by atoms with Gasteiger partial charge >= 0.3 is 17.9 Å². The molecule has 0 radical (unpaired) electrons. The number of cyclic esters (lactones) is 1. The average Bonchev–Trinajstić information content (AvgIpc) is 3.33. The van der Waals surface area contributed by atoms with E-state index < -0.39 is 22.7 Å². The van der Waals surface area contributed by atoms with E-state index in [0.717, 1.165) is 5.56 Å². The van der Waals surface area contributed by atoms with Gasteiger partial charge in [-0.25, -0.2) is 4.79 Å². The number of ether oxygens (including phenoxy) is 2. The van der Waals surface area contributed by atoms with E-state index in [9.17, 15) is 14.9 Å². The second-order valence-electron chi connectivity index (χ2n) is 6.70. The van der Waals surface area contributed by atoms with Crippen LogP contribution in [0.15, 0.2) is 43.1 Å². The summed E-state index contributed by atoms with van der Waals surface area (Å²) in [5, 5.41) is 20.1. The zero-order chi connectivity index (χ0) is 19.9. The van der Waals surface area contributed by atoms with Gasteiger partial charge in [0.2, 0.25) is 0 Å². The molecule has 0 spiro atoms. The predicted octanol–water partition coefficient (Wildman–Crippen LogP) is 1.97. The van der Waals surface area contributed by atoms with Crippen LogP contribution in [0.4, 0.5) is 16.3 Å². The van der Waals surface area contributed by atoms with Crippen molar-refractivity contribution >= 4 is 17.6 Å². The van der Waals surface area contributed by atoms with Crippen molar-refractivity contribution in [1.29, 1.82) is 0 Å². The molecule has 1 fully saturated rings. The number of nitrogens with zero attached hydrogens (tertiary/aromatic N) is 4. The number of imidazole rings is 1. The number of fused-ring (bicyclic) bond motifs is 1. The van der Waals surface area contributed by atoms with Gasteiger partial charge in [0.15, 0.2) is 5.60 Å². The van der Waals surface area contributed by atoms with Crippen molar-refractivity contribution in [2.75, 3.05) is 18.1 Å². The molecule has 2 aliphatic rings. The summed E-state index contributed by atoms with van der Waals surface area (Å²) in [5.74, 6) is -0.261. The van der Waals surface area contributed by atoms with Gasteiger partial charge in [-0.3, -0.25) is 9.47 Å². The molecule has 0 saturated carbocycles. The highest BCUT2D eigenvalue weighted by Crippen LogP contribution is 2.41. The lowest BCUT2D eigenvalue weighted by Crippen LogP contribution is -2.32. The van der Waals surface area contributed by atoms with Gasteiger partial charge in [0.1, 0.15) is 12.3 Å². The molecule has 1 N–H and O–H groups in total. The van der Waals surface area contributed by atoms with Crippen LogP contribution in [0.1, 0.15) is 12.0 Å². The normalized spacial score (nSPS) is 23.2. The SMILES string of the molecule is C=CCC1(c2ccc(N3C[C@H](CO)OC3=O)cc2)Cn2cc([N+](=O)[O-])nc2O1. The molecule has 28 heavy (non-hydrogen) atoms. The molecule has 1 unspecified atom stereocenters. The molecule has 0 bridgehead atoms. The van der Waals surface area contributed by atoms with Gasteiger partial charge in [0.25, 0.3) is 0 Å². The fraction of sp³-hybridized carbons (Fsp3) is 0.333. The van der Waals surface area contributed by atoms with Gasteiger partial charge in [-0.2, -0.15) is 0 Å². The van der Waals surface area contributed by atoms with E-state index in [1.165, 1.54) is 11.1 Å². The molecular weight excluding hydrogens is 368 g/mol. The van der Waals surface area contributed by atoms with E-state index in [0.29, 0.717) is 18.7 Å². The molecule has 0 aliphatic carbocycles. The number of aliphatic hydroxyl groups excluding tert-OH is 1. The minimum absolute atomic E-state index is 0.187. The molecule has 1 aromatic carbocycles. The quantitative estimate of drug-likeness (QED) is 0.458. The molecule has 1 amide bonds. The molecule has 146 valence electrons. The van der Waals surface area contributed by atoms with Crippen LogP contribution < -0.4 is 9.64 Å². The van der Waals surface area contributed by atoms with E-state index >= 15 is 0 Å². The number of benzene rings is 1. The fourth-order valence-corrected chi connectivity index (χ4v) is 3.53. The molecule has 1 aromatic heterocycles. The molecule has 10 nitrogen and oxygen atoms in total. The second-order valence-corrected chi connectivity index (χ2v) is 6.70. The number of amides is 1. The highest BCUT2D eigenvalue weighted by atomic mass is 16.6. The number of nitro groups is 1. The maximum absolute atomic E-state index is 11.9. The maximum atomic E-state index is 11.9. The number of anilines is 1. The third-order valence-corrected chi connectivity index (χ3v) is 4.88. The predicted molar refractivity (Wildman–Crippen MR) is 97.1 cm³/mol. The molecular formula is C18H18N4O6. The Kier molecular flexibility index (Phi) is 4.27. The highest BCUT2D eigenvalue weighted by molar-refractivity contribution is 5.89. The summed E-state index contributed by atoms with van der Waals surface area (Å²) in [6.45, 7) is 4.19. The average molecular weight is 386 g/mol. The van der Waals surface area contributed by atoms with Crippen LogP contribution in [0, 0.1) is 10.1 Å². The van der Waals surface area contributed by atoms with Crippen LogP contribution in [-0.4, -0.2) is 44.9 Å². The fourth-order valence-electron chi connectivity index (χ4n) is 3.53. The smallest absolute Gasteiger partial charge is 0.415 e. The van der Waals surface area contributed by atoms with Crippen molar-refractivity contribution in [3.05, 3.63) is 58.8 Å². The Hall–Kier alpha value is -3.40. The van der Waals surface area contributed by atoms with Gasteiger partial charge in [-0.05, 0) is 22.6 Å². The summed E-state index contributed by atoms with van der Waals surface area (Å²) in [7, 11) is 0. The summed E-state index contributed by atoms with van der Waals surface area (Å²) in [6.07, 6.45) is 2.51. The molecule has 3 heterocycles. The number of hydrogen-bond donors (Lipinski definition) is 1. The van der Waals surface area contributed by atoms with E-state index in [2.05, 4.69) is 11.6 Å². The van der Waals surface area contributed by atoms with Gasteiger partial charge in [0, 0.05) is 17.1 Å². The topological polar surface area (TPSA) is 120 Å². The minimum Gasteiger partial charge on any atom is -0.441 e. The van der Waals surface area contributed by atoms with E-state index in [4.69, 9.17) is 14.6 Å². The minimum atomic E-state index is -0.781. The lowest BCUT2D eigenvalue weighted by Gasteiger charge is -2.27. The Morgan fingerprint density at radius 3 is 2.75 bits per heavy atom. The first-order valence-corrected chi connectivity index (χ1v) is 8.67. The number of hydrogen-bond acceptors (Lipinski definition) is 7. The van der Waals surface area contributed by atoms with E-state index in [1.807, 2.05) is 12.1 Å². The van der Waals surface area contributed by atoms with Gasteiger partial charge in [0.05, 0.1) is 19.7 Å².